The molecule has 0 bridgehead atoms. The Labute approximate surface area is 73.3 Å². The Morgan fingerprint density at radius 3 is 2.46 bits per heavy atom. The van der Waals surface area contributed by atoms with Crippen molar-refractivity contribution in [2.45, 2.75) is 6.17 Å². The van der Waals surface area contributed by atoms with Crippen LogP contribution in [0.25, 0.3) is 0 Å². The second-order valence-corrected chi connectivity index (χ2v) is 2.35. The molecule has 0 saturated heterocycles. The summed E-state index contributed by atoms with van der Waals surface area (Å²) < 4.78 is 0. The zero-order chi connectivity index (χ0) is 10.0. The van der Waals surface area contributed by atoms with Gasteiger partial charge in [-0.1, -0.05) is 0 Å². The van der Waals surface area contributed by atoms with Crippen LogP contribution in [0, 0.1) is 0 Å². The van der Waals surface area contributed by atoms with Gasteiger partial charge in [-0.25, -0.2) is 0 Å². The summed E-state index contributed by atoms with van der Waals surface area (Å²) in [5, 5.41) is 11.5. The van der Waals surface area contributed by atoms with Crippen LogP contribution in [-0.4, -0.2) is 35.9 Å². The summed E-state index contributed by atoms with van der Waals surface area (Å²) in [7, 11) is 1.44. The highest BCUT2D eigenvalue weighted by atomic mass is 16.2. The molecule has 2 amide bonds. The lowest BCUT2D eigenvalue weighted by molar-refractivity contribution is -0.123. The van der Waals surface area contributed by atoms with Crippen molar-refractivity contribution in [3.8, 4) is 0 Å². The van der Waals surface area contributed by atoms with E-state index in [1.165, 1.54) is 7.05 Å². The molecule has 1 rings (SSSR count). The zero-order valence-corrected chi connectivity index (χ0v) is 6.84. The standard InChI is InChI=1S/C5H8N6O2/c1-11-5(3(7)13)9-8-4(10-11)2(6)12/h5H,1H3,(H2,6,12)(H2,7,13). The molecule has 0 spiro atoms. The second kappa shape index (κ2) is 3.17. The van der Waals surface area contributed by atoms with E-state index in [0.29, 0.717) is 0 Å². The monoisotopic (exact) mass is 184 g/mol. The lowest BCUT2D eigenvalue weighted by atomic mass is 10.4. The van der Waals surface area contributed by atoms with Gasteiger partial charge in [0.1, 0.15) is 0 Å². The maximum Gasteiger partial charge on any atom is 0.290 e. The van der Waals surface area contributed by atoms with Crippen LogP contribution in [-0.2, 0) is 9.59 Å². The van der Waals surface area contributed by atoms with Gasteiger partial charge in [0, 0.05) is 7.05 Å². The summed E-state index contributed by atoms with van der Waals surface area (Å²) in [6.45, 7) is 0. The van der Waals surface area contributed by atoms with Crippen LogP contribution in [0.5, 0.6) is 0 Å². The van der Waals surface area contributed by atoms with E-state index in [2.05, 4.69) is 15.3 Å². The van der Waals surface area contributed by atoms with Gasteiger partial charge in [0.2, 0.25) is 6.17 Å². The normalized spacial score (nSPS) is 21.2. The van der Waals surface area contributed by atoms with E-state index >= 15 is 0 Å². The van der Waals surface area contributed by atoms with Gasteiger partial charge in [-0.15, -0.1) is 15.3 Å². The van der Waals surface area contributed by atoms with Gasteiger partial charge in [-0.2, -0.15) is 0 Å². The predicted molar refractivity (Wildman–Crippen MR) is 42.2 cm³/mol. The summed E-state index contributed by atoms with van der Waals surface area (Å²) in [4.78, 5) is 21.3. The molecular formula is C5H8N6O2. The van der Waals surface area contributed by atoms with E-state index in [1.807, 2.05) is 0 Å². The van der Waals surface area contributed by atoms with Crippen LogP contribution in [0.4, 0.5) is 0 Å². The average Bonchev–Trinajstić information content (AvgIpc) is 2.03. The number of hydrazone groups is 1. The van der Waals surface area contributed by atoms with Crippen molar-refractivity contribution in [3.05, 3.63) is 0 Å². The molecule has 1 unspecified atom stereocenters. The highest BCUT2D eigenvalue weighted by Gasteiger charge is 2.24. The number of amides is 2. The topological polar surface area (TPSA) is 126 Å². The molecule has 0 radical (unpaired) electrons. The summed E-state index contributed by atoms with van der Waals surface area (Å²) in [5.41, 5.74) is 9.84. The first-order valence-corrected chi connectivity index (χ1v) is 3.34. The van der Waals surface area contributed by atoms with Crippen molar-refractivity contribution >= 4 is 17.6 Å². The summed E-state index contributed by atoms with van der Waals surface area (Å²) in [6, 6.07) is 0. The molecule has 0 aromatic carbocycles. The number of hydrogen-bond donors (Lipinski definition) is 2. The fourth-order valence-electron chi connectivity index (χ4n) is 0.748. The number of nitrogens with zero attached hydrogens (tertiary/aromatic N) is 4. The van der Waals surface area contributed by atoms with Crippen LogP contribution in [0.3, 0.4) is 0 Å². The minimum Gasteiger partial charge on any atom is -0.366 e. The number of nitrogens with two attached hydrogens (primary N) is 2. The van der Waals surface area contributed by atoms with Gasteiger partial charge in [0.15, 0.2) is 0 Å². The van der Waals surface area contributed by atoms with E-state index in [1.54, 1.807) is 0 Å². The number of rotatable bonds is 2. The van der Waals surface area contributed by atoms with E-state index in [-0.39, 0.29) is 5.84 Å². The van der Waals surface area contributed by atoms with Crippen LogP contribution in [0.1, 0.15) is 0 Å². The predicted octanol–water partition coefficient (Wildman–Crippen LogP) is -2.01. The summed E-state index contributed by atoms with van der Waals surface area (Å²) in [6.07, 6.45) is -0.969. The number of primary amides is 2. The van der Waals surface area contributed by atoms with Gasteiger partial charge >= 0.3 is 0 Å². The maximum atomic E-state index is 10.7. The molecule has 4 N–H and O–H groups in total. The van der Waals surface area contributed by atoms with Gasteiger partial charge in [-0.3, -0.25) is 14.6 Å². The molecular weight excluding hydrogens is 176 g/mol. The van der Waals surface area contributed by atoms with Crippen molar-refractivity contribution in [2.75, 3.05) is 7.05 Å². The quantitative estimate of drug-likeness (QED) is 0.514. The molecule has 8 heteroatoms. The highest BCUT2D eigenvalue weighted by Crippen LogP contribution is 2.05. The first kappa shape index (κ1) is 9.10. The van der Waals surface area contributed by atoms with Gasteiger partial charge in [-0.05, 0) is 0 Å². The Bertz CT molecular complexity index is 308. The number of azo groups is 1. The van der Waals surface area contributed by atoms with Crippen LogP contribution < -0.4 is 11.5 Å². The fraction of sp³-hybridized carbons (Fsp3) is 0.400. The molecule has 8 nitrogen and oxygen atoms in total. The molecule has 0 aromatic heterocycles. The van der Waals surface area contributed by atoms with E-state index in [9.17, 15) is 9.59 Å². The van der Waals surface area contributed by atoms with Crippen LogP contribution in [0.15, 0.2) is 15.3 Å². The average molecular weight is 184 g/mol. The third kappa shape index (κ3) is 1.78. The number of hydrogen-bond acceptors (Lipinski definition) is 6. The Kier molecular flexibility index (Phi) is 2.22. The fourth-order valence-corrected chi connectivity index (χ4v) is 0.748. The molecule has 0 aliphatic carbocycles. The minimum absolute atomic E-state index is 0.250. The molecule has 0 saturated carbocycles. The van der Waals surface area contributed by atoms with Gasteiger partial charge in [0.25, 0.3) is 17.6 Å². The van der Waals surface area contributed by atoms with Crippen molar-refractivity contribution in [3.63, 3.8) is 0 Å². The Morgan fingerprint density at radius 1 is 1.46 bits per heavy atom. The Hall–Kier alpha value is -1.99. The largest absolute Gasteiger partial charge is 0.366 e. The van der Waals surface area contributed by atoms with E-state index < -0.39 is 18.0 Å². The molecule has 0 fully saturated rings. The first-order chi connectivity index (χ1) is 6.02. The first-order valence-electron chi connectivity index (χ1n) is 3.34. The lowest BCUT2D eigenvalue weighted by Gasteiger charge is -2.20. The molecule has 70 valence electrons. The third-order valence-corrected chi connectivity index (χ3v) is 1.34. The Balaban J connectivity index is 2.85. The summed E-state index contributed by atoms with van der Waals surface area (Å²) >= 11 is 0. The number of amidine groups is 1. The SMILES string of the molecule is CN1N=C(C(N)=O)N=NC1C(N)=O. The highest BCUT2D eigenvalue weighted by molar-refractivity contribution is 6.37. The van der Waals surface area contributed by atoms with Gasteiger partial charge in [0.05, 0.1) is 0 Å². The molecule has 0 aromatic rings. The molecule has 1 aliphatic rings. The van der Waals surface area contributed by atoms with Crippen molar-refractivity contribution in [2.24, 2.45) is 26.8 Å². The van der Waals surface area contributed by atoms with Gasteiger partial charge < -0.3 is 11.5 Å². The minimum atomic E-state index is -0.969. The number of carbonyl (C=O) groups is 2. The van der Waals surface area contributed by atoms with E-state index in [4.69, 9.17) is 11.5 Å². The lowest BCUT2D eigenvalue weighted by Crippen LogP contribution is -2.41. The smallest absolute Gasteiger partial charge is 0.290 e. The van der Waals surface area contributed by atoms with Crippen molar-refractivity contribution < 1.29 is 9.59 Å². The van der Waals surface area contributed by atoms with Crippen LogP contribution >= 0.6 is 0 Å². The third-order valence-electron chi connectivity index (χ3n) is 1.34. The van der Waals surface area contributed by atoms with Crippen molar-refractivity contribution in [1.29, 1.82) is 0 Å². The molecule has 1 atom stereocenters. The summed E-state index contributed by atoms with van der Waals surface area (Å²) in [5.74, 6) is -1.75. The Morgan fingerprint density at radius 2 is 2.08 bits per heavy atom. The molecule has 13 heavy (non-hydrogen) atoms. The van der Waals surface area contributed by atoms with Crippen molar-refractivity contribution in [1.82, 2.24) is 5.01 Å². The van der Waals surface area contributed by atoms with E-state index in [0.717, 1.165) is 5.01 Å². The second-order valence-electron chi connectivity index (χ2n) is 2.35. The van der Waals surface area contributed by atoms with Crippen LogP contribution in [0.2, 0.25) is 0 Å². The molecule has 1 heterocycles. The number of likely N-dealkylation sites (N-methyl/N-ethyl adjacent to an activating group) is 1. The number of carbonyl (C=O) groups excluding carboxylic acids is 2. The molecule has 1 aliphatic heterocycles. The zero-order valence-electron chi connectivity index (χ0n) is 6.84. The maximum absolute atomic E-state index is 10.7.